The Kier molecular flexibility index (Phi) is 4.61. The average Bonchev–Trinajstić information content (AvgIpc) is 2.53. The molecule has 0 radical (unpaired) electrons. The molecule has 0 bridgehead atoms. The summed E-state index contributed by atoms with van der Waals surface area (Å²) in [6.07, 6.45) is 0. The van der Waals surface area contributed by atoms with Gasteiger partial charge in [0.15, 0.2) is 10.3 Å². The molecule has 2 N–H and O–H groups in total. The third-order valence-corrected chi connectivity index (χ3v) is 3.34. The van der Waals surface area contributed by atoms with E-state index in [0.717, 1.165) is 11.1 Å². The standard InChI is InChI=1S/C14H10Cl2N2O2/c15-13(17-19)11-5-1-9(2-6-11)10-3-7-12(8-4-10)14(16)18-20/h1-8,19-20H/b17-13-,18-14-. The molecule has 0 saturated carbocycles. The highest BCUT2D eigenvalue weighted by atomic mass is 35.5. The fraction of sp³-hybridized carbons (Fsp3) is 0. The highest BCUT2D eigenvalue weighted by Gasteiger charge is 2.04. The van der Waals surface area contributed by atoms with Gasteiger partial charge in [-0.1, -0.05) is 82.0 Å². The van der Waals surface area contributed by atoms with Crippen molar-refractivity contribution in [2.75, 3.05) is 0 Å². The van der Waals surface area contributed by atoms with Crippen LogP contribution in [-0.4, -0.2) is 20.8 Å². The molecule has 0 spiro atoms. The molecule has 20 heavy (non-hydrogen) atoms. The molecule has 2 aromatic carbocycles. The molecular formula is C14H10Cl2N2O2. The van der Waals surface area contributed by atoms with Gasteiger partial charge in [-0.3, -0.25) is 0 Å². The van der Waals surface area contributed by atoms with Crippen molar-refractivity contribution in [2.45, 2.75) is 0 Å². The van der Waals surface area contributed by atoms with Crippen molar-refractivity contribution in [3.8, 4) is 11.1 Å². The van der Waals surface area contributed by atoms with E-state index in [9.17, 15) is 0 Å². The van der Waals surface area contributed by atoms with E-state index in [0.29, 0.717) is 11.1 Å². The number of nitrogens with zero attached hydrogens (tertiary/aromatic N) is 2. The number of hydrogen-bond donors (Lipinski definition) is 2. The normalized spacial score (nSPS) is 12.5. The van der Waals surface area contributed by atoms with Gasteiger partial charge in [-0.05, 0) is 11.1 Å². The van der Waals surface area contributed by atoms with Gasteiger partial charge in [-0.15, -0.1) is 0 Å². The first-order chi connectivity index (χ1) is 9.65. The van der Waals surface area contributed by atoms with E-state index in [2.05, 4.69) is 10.3 Å². The van der Waals surface area contributed by atoms with Crippen LogP contribution in [0.1, 0.15) is 11.1 Å². The molecule has 4 nitrogen and oxygen atoms in total. The SMILES string of the molecule is O/N=C(\Cl)c1ccc(-c2ccc(/C(Cl)=N/O)cc2)cc1. The summed E-state index contributed by atoms with van der Waals surface area (Å²) in [5.41, 5.74) is 3.20. The minimum atomic E-state index is 0.0397. The van der Waals surface area contributed by atoms with Gasteiger partial charge in [-0.2, -0.15) is 0 Å². The van der Waals surface area contributed by atoms with E-state index in [1.807, 2.05) is 24.3 Å². The monoisotopic (exact) mass is 308 g/mol. The van der Waals surface area contributed by atoms with Crippen molar-refractivity contribution < 1.29 is 10.4 Å². The van der Waals surface area contributed by atoms with Crippen LogP contribution in [0.3, 0.4) is 0 Å². The molecule has 102 valence electrons. The maximum Gasteiger partial charge on any atom is 0.175 e. The molecular weight excluding hydrogens is 299 g/mol. The Morgan fingerprint density at radius 1 is 0.650 bits per heavy atom. The van der Waals surface area contributed by atoms with Gasteiger partial charge < -0.3 is 10.4 Å². The zero-order chi connectivity index (χ0) is 14.5. The lowest BCUT2D eigenvalue weighted by Gasteiger charge is -2.04. The third kappa shape index (κ3) is 3.10. The highest BCUT2D eigenvalue weighted by molar-refractivity contribution is 6.69. The van der Waals surface area contributed by atoms with Gasteiger partial charge in [0.1, 0.15) is 0 Å². The Hall–Kier alpha value is -2.04. The molecule has 0 heterocycles. The predicted octanol–water partition coefficient (Wildman–Crippen LogP) is 4.10. The van der Waals surface area contributed by atoms with E-state index in [4.69, 9.17) is 33.6 Å². The van der Waals surface area contributed by atoms with E-state index in [1.54, 1.807) is 24.3 Å². The lowest BCUT2D eigenvalue weighted by Crippen LogP contribution is -1.92. The molecule has 0 saturated heterocycles. The maximum atomic E-state index is 8.59. The van der Waals surface area contributed by atoms with Crippen molar-refractivity contribution >= 4 is 33.5 Å². The maximum absolute atomic E-state index is 8.59. The second-order valence-electron chi connectivity index (χ2n) is 3.94. The molecule has 0 aliphatic rings. The Bertz CT molecular complexity index is 590. The van der Waals surface area contributed by atoms with Crippen molar-refractivity contribution in [1.29, 1.82) is 0 Å². The van der Waals surface area contributed by atoms with Crippen molar-refractivity contribution in [3.63, 3.8) is 0 Å². The van der Waals surface area contributed by atoms with Crippen LogP contribution in [0.2, 0.25) is 0 Å². The minimum Gasteiger partial charge on any atom is -0.410 e. The van der Waals surface area contributed by atoms with Crippen LogP contribution >= 0.6 is 23.2 Å². The highest BCUT2D eigenvalue weighted by Crippen LogP contribution is 2.21. The average molecular weight is 309 g/mol. The van der Waals surface area contributed by atoms with Gasteiger partial charge in [-0.25, -0.2) is 0 Å². The van der Waals surface area contributed by atoms with Gasteiger partial charge >= 0.3 is 0 Å². The zero-order valence-corrected chi connectivity index (χ0v) is 11.7. The molecule has 0 aliphatic heterocycles. The number of oxime groups is 2. The molecule has 0 amide bonds. The molecule has 2 aromatic rings. The molecule has 0 unspecified atom stereocenters. The van der Waals surface area contributed by atoms with Crippen LogP contribution in [0.15, 0.2) is 58.8 Å². The fourth-order valence-corrected chi connectivity index (χ4v) is 1.97. The summed E-state index contributed by atoms with van der Waals surface area (Å²) in [6.45, 7) is 0. The topological polar surface area (TPSA) is 65.2 Å². The van der Waals surface area contributed by atoms with Crippen LogP contribution < -0.4 is 0 Å². The van der Waals surface area contributed by atoms with Crippen LogP contribution in [0, 0.1) is 0 Å². The number of benzene rings is 2. The van der Waals surface area contributed by atoms with Crippen LogP contribution in [0.4, 0.5) is 0 Å². The summed E-state index contributed by atoms with van der Waals surface area (Å²) in [6, 6.07) is 14.5. The predicted molar refractivity (Wildman–Crippen MR) is 80.2 cm³/mol. The molecule has 0 atom stereocenters. The van der Waals surface area contributed by atoms with Gasteiger partial charge in [0, 0.05) is 11.1 Å². The zero-order valence-electron chi connectivity index (χ0n) is 10.2. The quantitative estimate of drug-likeness (QED) is 0.509. The Morgan fingerprint density at radius 3 is 1.20 bits per heavy atom. The number of hydrogen-bond acceptors (Lipinski definition) is 4. The Balaban J connectivity index is 2.28. The summed E-state index contributed by atoms with van der Waals surface area (Å²) >= 11 is 11.4. The Morgan fingerprint density at radius 2 is 0.950 bits per heavy atom. The first kappa shape index (κ1) is 14.4. The minimum absolute atomic E-state index is 0.0397. The van der Waals surface area contributed by atoms with Crippen molar-refractivity contribution in [2.24, 2.45) is 10.3 Å². The van der Waals surface area contributed by atoms with E-state index < -0.39 is 0 Å². The molecule has 0 aliphatic carbocycles. The Labute approximate surface area is 125 Å². The third-order valence-electron chi connectivity index (χ3n) is 2.76. The van der Waals surface area contributed by atoms with Crippen molar-refractivity contribution in [1.82, 2.24) is 0 Å². The molecule has 0 aromatic heterocycles. The molecule has 0 fully saturated rings. The first-order valence-electron chi connectivity index (χ1n) is 5.62. The largest absolute Gasteiger partial charge is 0.410 e. The summed E-state index contributed by atoms with van der Waals surface area (Å²) in [5, 5.41) is 23.1. The van der Waals surface area contributed by atoms with E-state index in [-0.39, 0.29) is 10.3 Å². The number of rotatable bonds is 3. The van der Waals surface area contributed by atoms with Crippen LogP contribution in [0.5, 0.6) is 0 Å². The summed E-state index contributed by atoms with van der Waals surface area (Å²) in [5.74, 6) is 0. The van der Waals surface area contributed by atoms with Crippen LogP contribution in [-0.2, 0) is 0 Å². The van der Waals surface area contributed by atoms with E-state index in [1.165, 1.54) is 0 Å². The summed E-state index contributed by atoms with van der Waals surface area (Å²) < 4.78 is 0. The fourth-order valence-electron chi connectivity index (χ4n) is 1.72. The van der Waals surface area contributed by atoms with Gasteiger partial charge in [0.2, 0.25) is 0 Å². The summed E-state index contributed by atoms with van der Waals surface area (Å²) in [4.78, 5) is 0. The van der Waals surface area contributed by atoms with Crippen molar-refractivity contribution in [3.05, 3.63) is 59.7 Å². The first-order valence-corrected chi connectivity index (χ1v) is 6.37. The molecule has 2 rings (SSSR count). The van der Waals surface area contributed by atoms with Gasteiger partial charge in [0.05, 0.1) is 0 Å². The lowest BCUT2D eigenvalue weighted by atomic mass is 10.0. The van der Waals surface area contributed by atoms with Gasteiger partial charge in [0.25, 0.3) is 0 Å². The second-order valence-corrected chi connectivity index (χ2v) is 4.65. The second kappa shape index (κ2) is 6.41. The lowest BCUT2D eigenvalue weighted by molar-refractivity contribution is 0.320. The number of halogens is 2. The smallest absolute Gasteiger partial charge is 0.175 e. The van der Waals surface area contributed by atoms with E-state index >= 15 is 0 Å². The van der Waals surface area contributed by atoms with Crippen LogP contribution in [0.25, 0.3) is 11.1 Å². The summed E-state index contributed by atoms with van der Waals surface area (Å²) in [7, 11) is 0. The molecule has 6 heteroatoms.